The van der Waals surface area contributed by atoms with Gasteiger partial charge in [-0.15, -0.1) is 22.7 Å². The number of hydrogen-bond acceptors (Lipinski definition) is 4. The lowest BCUT2D eigenvalue weighted by molar-refractivity contribution is 0.728. The van der Waals surface area contributed by atoms with Crippen LogP contribution >= 0.6 is 22.7 Å². The molecule has 79 heavy (non-hydrogen) atoms. The number of nitrogens with zero attached hydrogens (tertiary/aromatic N) is 3. The number of hydrogen-bond donors (Lipinski definition) is 0. The molecule has 5 heteroatoms. The lowest BCUT2D eigenvalue weighted by Gasteiger charge is -2.30. The number of rotatable bonds is 6. The number of thiophene rings is 2. The van der Waals surface area contributed by atoms with E-state index in [1.807, 2.05) is 22.7 Å². The van der Waals surface area contributed by atoms with Gasteiger partial charge in [0.05, 0.1) is 27.7 Å². The average Bonchev–Trinajstić information content (AvgIpc) is 4.33. The summed E-state index contributed by atoms with van der Waals surface area (Å²) < 4.78 is 6.59. The third-order valence-electron chi connectivity index (χ3n) is 17.8. The van der Waals surface area contributed by atoms with E-state index >= 15 is 0 Å². The zero-order valence-electron chi connectivity index (χ0n) is 43.1. The van der Waals surface area contributed by atoms with Crippen LogP contribution in [0.4, 0.5) is 34.1 Å². The van der Waals surface area contributed by atoms with E-state index < -0.39 is 5.41 Å². The molecule has 15 aromatic rings. The van der Waals surface area contributed by atoms with Crippen molar-refractivity contribution in [2.75, 3.05) is 9.80 Å². The fourth-order valence-corrected chi connectivity index (χ4v) is 17.1. The highest BCUT2D eigenvalue weighted by Gasteiger charge is 2.52. The van der Waals surface area contributed by atoms with Crippen LogP contribution in [-0.4, -0.2) is 4.40 Å². The first-order valence-electron chi connectivity index (χ1n) is 27.5. The van der Waals surface area contributed by atoms with Crippen LogP contribution in [0.3, 0.4) is 0 Å². The molecule has 1 spiro atoms. The number of allylic oxidation sites excluding steroid dienone is 1. The number of aromatic nitrogens is 1. The van der Waals surface area contributed by atoms with Crippen molar-refractivity contribution in [2.24, 2.45) is 5.92 Å². The van der Waals surface area contributed by atoms with Crippen molar-refractivity contribution < 1.29 is 0 Å². The van der Waals surface area contributed by atoms with Gasteiger partial charge in [0.1, 0.15) is 0 Å². The Kier molecular flexibility index (Phi) is 8.96. The van der Waals surface area contributed by atoms with Crippen molar-refractivity contribution in [3.63, 3.8) is 0 Å². The third-order valence-corrected chi connectivity index (χ3v) is 20.1. The zero-order valence-corrected chi connectivity index (χ0v) is 44.7. The first-order valence-corrected chi connectivity index (χ1v) is 29.2. The van der Waals surface area contributed by atoms with E-state index in [1.165, 1.54) is 123 Å². The van der Waals surface area contributed by atoms with Crippen molar-refractivity contribution in [1.82, 2.24) is 4.40 Å². The van der Waals surface area contributed by atoms with Gasteiger partial charge in [-0.25, -0.2) is 0 Å². The Hall–Kier alpha value is -9.26. The second-order valence-corrected chi connectivity index (χ2v) is 24.2. The highest BCUT2D eigenvalue weighted by atomic mass is 32.1. The zero-order chi connectivity index (χ0) is 51.7. The van der Waals surface area contributed by atoms with Gasteiger partial charge in [-0.05, 0) is 130 Å². The third kappa shape index (κ3) is 5.85. The fourth-order valence-electron chi connectivity index (χ4n) is 14.6. The second kappa shape index (κ2) is 16.2. The maximum absolute atomic E-state index is 2.68. The largest absolute Gasteiger partial charge is 0.310 e. The van der Waals surface area contributed by atoms with Gasteiger partial charge in [0.15, 0.2) is 0 Å². The first-order chi connectivity index (χ1) is 39.1. The maximum atomic E-state index is 2.68. The Morgan fingerprint density at radius 3 is 1.72 bits per heavy atom. The van der Waals surface area contributed by atoms with E-state index in [0.717, 1.165) is 40.5 Å². The Bertz CT molecular complexity index is 5050. The standard InChI is InChI=1S/C74H47N3S2/c1-44-28-32-54-56-35-31-49(43-69(56)79-67(54)40-44)76(46-18-6-3-7-19-46)64-39-37-57-52-33-29-47(75(45-16-4-2-5-17-45)48-30-34-55-53-22-11-15-27-66(53)78-68(55)42-48)41-65(52)77-72(57)71(64)59-36-38-63-70(73(59)77)58-23-10-14-26-62(58)74(63)60-24-12-8-20-50(60)51-21-9-13-25-61(51)74/h2-39,41-44H,40H2,1H3. The average molecular weight is 1040 g/mol. The molecule has 0 amide bonds. The number of para-hydroxylation sites is 2. The van der Waals surface area contributed by atoms with Crippen molar-refractivity contribution in [2.45, 2.75) is 18.8 Å². The van der Waals surface area contributed by atoms with Gasteiger partial charge >= 0.3 is 0 Å². The monoisotopic (exact) mass is 1040 g/mol. The van der Waals surface area contributed by atoms with Crippen LogP contribution < -0.4 is 9.80 Å². The number of fused-ring (bicyclic) bond motifs is 23. The highest BCUT2D eigenvalue weighted by molar-refractivity contribution is 7.25. The van der Waals surface area contributed by atoms with Crippen molar-refractivity contribution in [1.29, 1.82) is 0 Å². The minimum atomic E-state index is -0.493. The van der Waals surface area contributed by atoms with E-state index in [2.05, 4.69) is 270 Å². The minimum absolute atomic E-state index is 0.493. The van der Waals surface area contributed by atoms with E-state index in [1.54, 1.807) is 0 Å². The van der Waals surface area contributed by atoms with Gasteiger partial charge in [-0.3, -0.25) is 0 Å². The van der Waals surface area contributed by atoms with Gasteiger partial charge in [0.2, 0.25) is 0 Å². The van der Waals surface area contributed by atoms with Crippen LogP contribution in [-0.2, 0) is 11.8 Å². The summed E-state index contributed by atoms with van der Waals surface area (Å²) in [5.41, 5.74) is 22.0. The van der Waals surface area contributed by atoms with Crippen LogP contribution in [0.2, 0.25) is 0 Å². The molecule has 3 aliphatic rings. The molecular formula is C74H47N3S2. The van der Waals surface area contributed by atoms with Gasteiger partial charge in [0, 0.05) is 90.7 Å². The second-order valence-electron chi connectivity index (χ2n) is 21.9. The van der Waals surface area contributed by atoms with Gasteiger partial charge in [-0.1, -0.05) is 183 Å². The van der Waals surface area contributed by atoms with Crippen LogP contribution in [0.1, 0.15) is 39.6 Å². The van der Waals surface area contributed by atoms with Gasteiger partial charge < -0.3 is 14.2 Å². The first kappa shape index (κ1) is 43.8. The Balaban J connectivity index is 0.959. The highest BCUT2D eigenvalue weighted by Crippen LogP contribution is 2.65. The minimum Gasteiger partial charge on any atom is -0.310 e. The smallest absolute Gasteiger partial charge is 0.0726 e. The predicted molar refractivity (Wildman–Crippen MR) is 337 cm³/mol. The lowest BCUT2D eigenvalue weighted by atomic mass is 9.70. The molecule has 4 heterocycles. The molecule has 0 N–H and O–H groups in total. The van der Waals surface area contributed by atoms with Crippen molar-refractivity contribution in [3.05, 3.63) is 275 Å². The summed E-state index contributed by atoms with van der Waals surface area (Å²) in [6.45, 7) is 2.33. The molecule has 11 aromatic carbocycles. The number of benzene rings is 11. The molecule has 0 aliphatic heterocycles. The molecule has 4 aromatic heterocycles. The van der Waals surface area contributed by atoms with Gasteiger partial charge in [0.25, 0.3) is 0 Å². The predicted octanol–water partition coefficient (Wildman–Crippen LogP) is 20.9. The van der Waals surface area contributed by atoms with Crippen molar-refractivity contribution >= 4 is 131 Å². The fraction of sp³-hybridized carbons (Fsp3) is 0.0541. The molecule has 0 fully saturated rings. The maximum Gasteiger partial charge on any atom is 0.0726 e. The molecule has 370 valence electrons. The van der Waals surface area contributed by atoms with Crippen LogP contribution in [0.25, 0.3) is 96.7 Å². The normalized spacial score (nSPS) is 14.8. The van der Waals surface area contributed by atoms with E-state index in [4.69, 9.17) is 0 Å². The topological polar surface area (TPSA) is 10.9 Å². The Morgan fingerprint density at radius 1 is 0.418 bits per heavy atom. The molecule has 0 bridgehead atoms. The summed E-state index contributed by atoms with van der Waals surface area (Å²) in [6, 6.07) is 89.6. The molecule has 1 atom stereocenters. The van der Waals surface area contributed by atoms with Crippen LogP contribution in [0, 0.1) is 5.92 Å². The summed E-state index contributed by atoms with van der Waals surface area (Å²) >= 11 is 3.83. The molecule has 3 aliphatic carbocycles. The Morgan fingerprint density at radius 2 is 0.975 bits per heavy atom. The number of anilines is 6. The molecule has 1 unspecified atom stereocenters. The van der Waals surface area contributed by atoms with Crippen LogP contribution in [0.15, 0.2) is 243 Å². The molecule has 0 radical (unpaired) electrons. The van der Waals surface area contributed by atoms with Crippen LogP contribution in [0.5, 0.6) is 0 Å². The lowest BCUT2D eigenvalue weighted by Crippen LogP contribution is -2.25. The molecule has 0 saturated heterocycles. The summed E-state index contributed by atoms with van der Waals surface area (Å²) in [7, 11) is 0. The molecule has 18 rings (SSSR count). The quantitative estimate of drug-likeness (QED) is 0.164. The summed E-state index contributed by atoms with van der Waals surface area (Å²) in [5.74, 6) is 0.541. The Labute approximate surface area is 464 Å². The summed E-state index contributed by atoms with van der Waals surface area (Å²) in [6.07, 6.45) is 5.82. The molecular weight excluding hydrogens is 995 g/mol. The van der Waals surface area contributed by atoms with E-state index in [-0.39, 0.29) is 0 Å². The van der Waals surface area contributed by atoms with E-state index in [9.17, 15) is 0 Å². The summed E-state index contributed by atoms with van der Waals surface area (Å²) in [5, 5.41) is 8.92. The summed E-state index contributed by atoms with van der Waals surface area (Å²) in [4.78, 5) is 6.47. The SMILES string of the molecule is CC1C=Cc2c(sc3cc(N(c4ccccc4)c4ccc5c6ccc(N(c7ccccc7)c7ccc8c(c7)sc7ccccc78)cc6n6c7c8c(ccc7c4c56)C4(c5ccccc5-c5ccccc54)c4ccccc4-8)ccc23)C1. The molecule has 3 nitrogen and oxygen atoms in total. The molecule has 0 saturated carbocycles. The van der Waals surface area contributed by atoms with Crippen molar-refractivity contribution in [3.8, 4) is 22.3 Å². The van der Waals surface area contributed by atoms with E-state index in [0.29, 0.717) is 5.92 Å². The van der Waals surface area contributed by atoms with Gasteiger partial charge in [-0.2, -0.15) is 0 Å².